The molecule has 2 fully saturated rings. The van der Waals surface area contributed by atoms with Crippen molar-refractivity contribution in [2.75, 3.05) is 6.61 Å². The normalized spacial score (nSPS) is 43.9. The highest BCUT2D eigenvalue weighted by molar-refractivity contribution is 6.01. The second-order valence-corrected chi connectivity index (χ2v) is 9.23. The van der Waals surface area contributed by atoms with Crippen LogP contribution in [0, 0.1) is 34.5 Å². The molecule has 6 atom stereocenters. The van der Waals surface area contributed by atoms with E-state index in [-0.39, 0.29) is 34.9 Å². The first-order chi connectivity index (χ1) is 12.3. The number of aliphatic hydroxyl groups excluding tert-OH is 1. The van der Waals surface area contributed by atoms with Crippen LogP contribution in [0.25, 0.3) is 0 Å². The monoisotopic (exact) mass is 354 g/mol. The molecule has 3 unspecified atom stereocenters. The van der Waals surface area contributed by atoms with Gasteiger partial charge in [-0.15, -0.1) is 0 Å². The fraction of sp³-hybridized carbons (Fsp3) is 0.652. The molecule has 0 aliphatic heterocycles. The van der Waals surface area contributed by atoms with Gasteiger partial charge in [-0.05, 0) is 67.9 Å². The molecule has 0 spiro atoms. The maximum Gasteiger partial charge on any atom is 0.178 e. The van der Waals surface area contributed by atoms with Gasteiger partial charge >= 0.3 is 0 Å². The fourth-order valence-corrected chi connectivity index (χ4v) is 6.84. The second kappa shape index (κ2) is 6.02. The Labute approximate surface area is 156 Å². The Hall–Kier alpha value is -1.48. The molecular formula is C23H30O3. The highest BCUT2D eigenvalue weighted by atomic mass is 16.3. The molecule has 0 heterocycles. The zero-order chi connectivity index (χ0) is 18.7. The second-order valence-electron chi connectivity index (χ2n) is 9.23. The summed E-state index contributed by atoms with van der Waals surface area (Å²) in [5.41, 5.74) is 2.55. The van der Waals surface area contributed by atoms with E-state index in [2.05, 4.69) is 32.9 Å². The fourth-order valence-electron chi connectivity index (χ4n) is 6.84. The number of rotatable bonds is 3. The van der Waals surface area contributed by atoms with Crippen molar-refractivity contribution >= 4 is 11.6 Å². The summed E-state index contributed by atoms with van der Waals surface area (Å²) in [4.78, 5) is 24.4. The van der Waals surface area contributed by atoms with Crippen LogP contribution in [0.4, 0.5) is 0 Å². The van der Waals surface area contributed by atoms with Gasteiger partial charge in [-0.3, -0.25) is 9.59 Å². The van der Waals surface area contributed by atoms with Gasteiger partial charge in [0.25, 0.3) is 0 Å². The first-order valence-corrected chi connectivity index (χ1v) is 10.1. The first kappa shape index (κ1) is 17.9. The Morgan fingerprint density at radius 1 is 1.35 bits per heavy atom. The van der Waals surface area contributed by atoms with Crippen molar-refractivity contribution in [3.8, 4) is 0 Å². The van der Waals surface area contributed by atoms with E-state index in [1.807, 2.05) is 6.08 Å². The standard InChI is InChI=1S/C23H30O3/c1-4-14-11-19-17-6-5-15-12-16(25)7-9-22(15,2)18(17)8-10-23(19,3)21(14)20(26)13-24/h7-9,12,14,17,19,21,24H,4-6,10-11,13H2,1-3H3/t14?,17?,19?,21-,22+,23+/m1/s1. The van der Waals surface area contributed by atoms with Crippen LogP contribution in [0.15, 0.2) is 35.5 Å². The smallest absolute Gasteiger partial charge is 0.178 e. The summed E-state index contributed by atoms with van der Waals surface area (Å²) in [5.74, 6) is 1.48. The van der Waals surface area contributed by atoms with E-state index in [1.165, 1.54) is 11.1 Å². The number of carbonyl (C=O) groups is 2. The van der Waals surface area contributed by atoms with Crippen molar-refractivity contribution in [3.05, 3.63) is 35.5 Å². The van der Waals surface area contributed by atoms with Crippen LogP contribution < -0.4 is 0 Å². The number of aliphatic hydroxyl groups is 1. The van der Waals surface area contributed by atoms with E-state index in [4.69, 9.17) is 0 Å². The van der Waals surface area contributed by atoms with E-state index in [9.17, 15) is 14.7 Å². The Morgan fingerprint density at radius 3 is 2.81 bits per heavy atom. The Kier molecular flexibility index (Phi) is 4.15. The van der Waals surface area contributed by atoms with Gasteiger partial charge in [0.15, 0.2) is 11.6 Å². The number of fused-ring (bicyclic) bond motifs is 5. The maximum atomic E-state index is 12.6. The van der Waals surface area contributed by atoms with E-state index < -0.39 is 0 Å². The summed E-state index contributed by atoms with van der Waals surface area (Å²) in [6.45, 7) is 6.38. The number of ketones is 2. The van der Waals surface area contributed by atoms with Gasteiger partial charge in [0, 0.05) is 11.3 Å². The molecule has 0 aromatic rings. The average Bonchev–Trinajstić information content (AvgIpc) is 2.94. The molecule has 4 aliphatic rings. The predicted molar refractivity (Wildman–Crippen MR) is 101 cm³/mol. The minimum absolute atomic E-state index is 0.0199. The molecule has 2 saturated carbocycles. The molecule has 0 aromatic heterocycles. The lowest BCUT2D eigenvalue weighted by molar-refractivity contribution is -0.131. The SMILES string of the molecule is CCC1CC2C3CCC4=CC(=O)C=C[C@]4(C)C3=CC[C@]2(C)[C@H]1C(=O)CO. The van der Waals surface area contributed by atoms with Gasteiger partial charge in [-0.2, -0.15) is 0 Å². The minimum atomic E-state index is -0.333. The van der Waals surface area contributed by atoms with Crippen LogP contribution in [-0.4, -0.2) is 23.3 Å². The lowest BCUT2D eigenvalue weighted by Crippen LogP contribution is -2.45. The van der Waals surface area contributed by atoms with Crippen molar-refractivity contribution in [2.45, 2.75) is 52.9 Å². The molecule has 26 heavy (non-hydrogen) atoms. The summed E-state index contributed by atoms with van der Waals surface area (Å²) in [6, 6.07) is 0. The van der Waals surface area contributed by atoms with E-state index in [0.717, 1.165) is 32.1 Å². The number of carbonyl (C=O) groups excluding carboxylic acids is 2. The topological polar surface area (TPSA) is 54.4 Å². The maximum absolute atomic E-state index is 12.6. The van der Waals surface area contributed by atoms with E-state index in [0.29, 0.717) is 17.8 Å². The molecule has 140 valence electrons. The molecule has 4 aliphatic carbocycles. The summed E-state index contributed by atoms with van der Waals surface area (Å²) >= 11 is 0. The molecule has 0 radical (unpaired) electrons. The van der Waals surface area contributed by atoms with Crippen LogP contribution in [0.5, 0.6) is 0 Å². The summed E-state index contributed by atoms with van der Waals surface area (Å²) in [7, 11) is 0. The van der Waals surface area contributed by atoms with Gasteiger partial charge < -0.3 is 5.11 Å². The third kappa shape index (κ3) is 2.29. The molecule has 0 bridgehead atoms. The first-order valence-electron chi connectivity index (χ1n) is 10.1. The van der Waals surface area contributed by atoms with Gasteiger partial charge in [-0.1, -0.05) is 43.6 Å². The molecule has 0 saturated heterocycles. The average molecular weight is 354 g/mol. The quantitative estimate of drug-likeness (QED) is 0.779. The highest BCUT2D eigenvalue weighted by Crippen LogP contribution is 2.65. The van der Waals surface area contributed by atoms with Crippen molar-refractivity contribution < 1.29 is 14.7 Å². The summed E-state index contributed by atoms with van der Waals surface area (Å²) in [6.07, 6.45) is 13.1. The molecule has 0 amide bonds. The molecule has 3 heteroatoms. The Morgan fingerprint density at radius 2 is 2.12 bits per heavy atom. The Bertz CT molecular complexity index is 743. The van der Waals surface area contributed by atoms with Crippen LogP contribution in [-0.2, 0) is 9.59 Å². The third-order valence-electron chi connectivity index (χ3n) is 8.15. The van der Waals surface area contributed by atoms with E-state index >= 15 is 0 Å². The van der Waals surface area contributed by atoms with Crippen molar-refractivity contribution in [1.82, 2.24) is 0 Å². The highest BCUT2D eigenvalue weighted by Gasteiger charge is 2.59. The largest absolute Gasteiger partial charge is 0.389 e. The van der Waals surface area contributed by atoms with Gasteiger partial charge in [0.05, 0.1) is 0 Å². The predicted octanol–water partition coefficient (Wildman–Crippen LogP) is 4.03. The van der Waals surface area contributed by atoms with Crippen LogP contribution in [0.1, 0.15) is 52.9 Å². The third-order valence-corrected chi connectivity index (χ3v) is 8.15. The number of hydrogen-bond acceptors (Lipinski definition) is 3. The van der Waals surface area contributed by atoms with Gasteiger partial charge in [0.1, 0.15) is 6.61 Å². The van der Waals surface area contributed by atoms with Crippen LogP contribution in [0.2, 0.25) is 0 Å². The zero-order valence-corrected chi connectivity index (χ0v) is 16.1. The number of Topliss-reactive ketones (excluding diaryl/α,β-unsaturated/α-hetero) is 1. The minimum Gasteiger partial charge on any atom is -0.389 e. The Balaban J connectivity index is 1.75. The zero-order valence-electron chi connectivity index (χ0n) is 16.1. The lowest BCUT2D eigenvalue weighted by Gasteiger charge is -2.52. The van der Waals surface area contributed by atoms with Gasteiger partial charge in [-0.25, -0.2) is 0 Å². The van der Waals surface area contributed by atoms with Gasteiger partial charge in [0.2, 0.25) is 0 Å². The molecule has 0 aromatic carbocycles. The lowest BCUT2D eigenvalue weighted by atomic mass is 9.52. The van der Waals surface area contributed by atoms with Crippen molar-refractivity contribution in [3.63, 3.8) is 0 Å². The molecule has 3 nitrogen and oxygen atoms in total. The van der Waals surface area contributed by atoms with Crippen LogP contribution in [0.3, 0.4) is 0 Å². The molecule has 4 rings (SSSR count). The summed E-state index contributed by atoms with van der Waals surface area (Å²) in [5, 5.41) is 9.55. The number of hydrogen-bond donors (Lipinski definition) is 1. The molecule has 1 N–H and O–H groups in total. The van der Waals surface area contributed by atoms with Crippen molar-refractivity contribution in [1.29, 1.82) is 0 Å². The molecular weight excluding hydrogens is 324 g/mol. The van der Waals surface area contributed by atoms with E-state index in [1.54, 1.807) is 6.08 Å². The summed E-state index contributed by atoms with van der Waals surface area (Å²) < 4.78 is 0. The van der Waals surface area contributed by atoms with Crippen LogP contribution >= 0.6 is 0 Å². The van der Waals surface area contributed by atoms with Crippen molar-refractivity contribution in [2.24, 2.45) is 34.5 Å². The number of allylic oxidation sites excluding steroid dienone is 6.